The van der Waals surface area contributed by atoms with Crippen LogP contribution >= 0.6 is 0 Å². The zero-order chi connectivity index (χ0) is 13.3. The highest BCUT2D eigenvalue weighted by atomic mass is 16.4. The van der Waals surface area contributed by atoms with E-state index in [1.165, 1.54) is 0 Å². The second-order valence-corrected chi connectivity index (χ2v) is 5.37. The monoisotopic (exact) mass is 251 g/mol. The average Bonchev–Trinajstić information content (AvgIpc) is 2.85. The summed E-state index contributed by atoms with van der Waals surface area (Å²) >= 11 is 0. The third-order valence-electron chi connectivity index (χ3n) is 4.07. The van der Waals surface area contributed by atoms with Gasteiger partial charge >= 0.3 is 5.97 Å². The van der Waals surface area contributed by atoms with Crippen molar-refractivity contribution in [3.05, 3.63) is 23.8 Å². The van der Waals surface area contributed by atoms with E-state index >= 15 is 0 Å². The summed E-state index contributed by atoms with van der Waals surface area (Å²) in [6.07, 6.45) is 7.65. The fourth-order valence-corrected chi connectivity index (χ4v) is 2.88. The van der Waals surface area contributed by atoms with E-state index in [-0.39, 0.29) is 0 Å². The summed E-state index contributed by atoms with van der Waals surface area (Å²) < 4.78 is 0. The number of aliphatic carboxylic acids is 1. The van der Waals surface area contributed by atoms with Crippen molar-refractivity contribution in [1.29, 1.82) is 0 Å². The molecule has 0 aromatic heterocycles. The van der Waals surface area contributed by atoms with Crippen molar-refractivity contribution < 1.29 is 15.0 Å². The summed E-state index contributed by atoms with van der Waals surface area (Å²) in [5.41, 5.74) is -0.134. The lowest BCUT2D eigenvalue weighted by molar-refractivity contribution is -0.152. The summed E-state index contributed by atoms with van der Waals surface area (Å²) in [6.45, 7) is 5.26. The molecule has 3 unspecified atom stereocenters. The van der Waals surface area contributed by atoms with Gasteiger partial charge in [0.25, 0.3) is 0 Å². The first-order valence-corrected chi connectivity index (χ1v) is 6.53. The van der Waals surface area contributed by atoms with E-state index in [2.05, 4.69) is 0 Å². The number of nitrogens with zero attached hydrogens (tertiary/aromatic N) is 1. The molecule has 0 spiro atoms. The Bertz CT molecular complexity index is 396. The number of carbonyl (C=O) groups is 1. The van der Waals surface area contributed by atoms with Crippen LogP contribution in [0.25, 0.3) is 0 Å². The van der Waals surface area contributed by atoms with Gasteiger partial charge in [-0.3, -0.25) is 9.69 Å². The van der Waals surface area contributed by atoms with Crippen LogP contribution in [0.1, 0.15) is 26.7 Å². The van der Waals surface area contributed by atoms with Gasteiger partial charge in [0.1, 0.15) is 5.72 Å². The van der Waals surface area contributed by atoms with Gasteiger partial charge in [0.2, 0.25) is 0 Å². The number of allylic oxidation sites excluding steroid dienone is 2. The molecule has 0 aromatic rings. The molecule has 1 heterocycles. The zero-order valence-corrected chi connectivity index (χ0v) is 11.0. The molecular formula is C14H21NO3. The fraction of sp³-hybridized carbons (Fsp3) is 0.643. The molecule has 0 aromatic carbocycles. The van der Waals surface area contributed by atoms with E-state index in [0.29, 0.717) is 0 Å². The standard InChI is InChI=1S/C14H21NO3/c1-10-5-6-14(18,15-7-3-4-8-15)12(9-10)11(2)13(16)17/h5-6,9,11-12,18H,3-4,7-8H2,1-2H3,(H,16,17). The van der Waals surface area contributed by atoms with Crippen LogP contribution in [-0.4, -0.2) is 39.9 Å². The smallest absolute Gasteiger partial charge is 0.306 e. The van der Waals surface area contributed by atoms with E-state index < -0.39 is 23.5 Å². The van der Waals surface area contributed by atoms with Gasteiger partial charge in [-0.2, -0.15) is 0 Å². The maximum Gasteiger partial charge on any atom is 0.306 e. The lowest BCUT2D eigenvalue weighted by Crippen LogP contribution is -2.54. The minimum atomic E-state index is -1.15. The topological polar surface area (TPSA) is 60.8 Å². The van der Waals surface area contributed by atoms with Crippen molar-refractivity contribution in [2.45, 2.75) is 32.4 Å². The van der Waals surface area contributed by atoms with Gasteiger partial charge < -0.3 is 10.2 Å². The van der Waals surface area contributed by atoms with Gasteiger partial charge in [-0.25, -0.2) is 0 Å². The second kappa shape index (κ2) is 4.86. The van der Waals surface area contributed by atoms with Gasteiger partial charge in [0.15, 0.2) is 0 Å². The minimum absolute atomic E-state index is 0.391. The van der Waals surface area contributed by atoms with Gasteiger partial charge in [0.05, 0.1) is 5.92 Å². The molecule has 1 saturated heterocycles. The first kappa shape index (κ1) is 13.3. The van der Waals surface area contributed by atoms with Crippen molar-refractivity contribution in [2.75, 3.05) is 13.1 Å². The molecule has 1 aliphatic heterocycles. The van der Waals surface area contributed by atoms with Gasteiger partial charge in [-0.05, 0) is 25.8 Å². The van der Waals surface area contributed by atoms with Crippen LogP contribution in [-0.2, 0) is 4.79 Å². The first-order valence-electron chi connectivity index (χ1n) is 6.53. The lowest BCUT2D eigenvalue weighted by atomic mass is 9.79. The van der Waals surface area contributed by atoms with Crippen molar-refractivity contribution in [1.82, 2.24) is 4.90 Å². The highest BCUT2D eigenvalue weighted by Gasteiger charge is 2.45. The van der Waals surface area contributed by atoms with Crippen LogP contribution in [0.3, 0.4) is 0 Å². The third kappa shape index (κ3) is 2.22. The highest BCUT2D eigenvalue weighted by molar-refractivity contribution is 5.70. The summed E-state index contributed by atoms with van der Waals surface area (Å²) in [5, 5.41) is 20.1. The molecule has 100 valence electrons. The van der Waals surface area contributed by atoms with E-state index in [1.807, 2.05) is 24.0 Å². The average molecular weight is 251 g/mol. The quantitative estimate of drug-likeness (QED) is 0.800. The molecule has 1 fully saturated rings. The Morgan fingerprint density at radius 3 is 2.67 bits per heavy atom. The van der Waals surface area contributed by atoms with Crippen molar-refractivity contribution in [2.24, 2.45) is 11.8 Å². The number of hydrogen-bond acceptors (Lipinski definition) is 3. The molecule has 2 rings (SSSR count). The molecule has 18 heavy (non-hydrogen) atoms. The molecule has 0 radical (unpaired) electrons. The Balaban J connectivity index is 2.31. The molecule has 2 aliphatic rings. The molecule has 3 atom stereocenters. The number of likely N-dealkylation sites (tertiary alicyclic amines) is 1. The van der Waals surface area contributed by atoms with Crippen LogP contribution in [0.5, 0.6) is 0 Å². The number of carboxylic acid groups (broad SMARTS) is 1. The Labute approximate surface area is 108 Å². The lowest BCUT2D eigenvalue weighted by Gasteiger charge is -2.43. The van der Waals surface area contributed by atoms with Crippen LogP contribution in [0.2, 0.25) is 0 Å². The fourth-order valence-electron chi connectivity index (χ4n) is 2.88. The molecule has 0 saturated carbocycles. The van der Waals surface area contributed by atoms with Crippen molar-refractivity contribution >= 4 is 5.97 Å². The maximum atomic E-state index is 11.2. The summed E-state index contributed by atoms with van der Waals surface area (Å²) in [5.74, 6) is -1.86. The predicted octanol–water partition coefficient (Wildman–Crippen LogP) is 1.62. The Kier molecular flexibility index (Phi) is 3.59. The number of hydrogen-bond donors (Lipinski definition) is 2. The zero-order valence-electron chi connectivity index (χ0n) is 11.0. The largest absolute Gasteiger partial charge is 0.481 e. The number of aliphatic hydroxyl groups is 1. The number of rotatable bonds is 3. The molecule has 2 N–H and O–H groups in total. The van der Waals surface area contributed by atoms with Gasteiger partial charge in [-0.1, -0.05) is 24.6 Å². The van der Waals surface area contributed by atoms with Crippen LogP contribution in [0.4, 0.5) is 0 Å². The molecule has 0 bridgehead atoms. The summed E-state index contributed by atoms with van der Waals surface area (Å²) in [4.78, 5) is 13.2. The first-order chi connectivity index (χ1) is 8.45. The summed E-state index contributed by atoms with van der Waals surface area (Å²) in [7, 11) is 0. The molecular weight excluding hydrogens is 230 g/mol. The summed E-state index contributed by atoms with van der Waals surface area (Å²) in [6, 6.07) is 0. The highest BCUT2D eigenvalue weighted by Crippen LogP contribution is 2.37. The van der Waals surface area contributed by atoms with Gasteiger partial charge in [0, 0.05) is 19.0 Å². The van der Waals surface area contributed by atoms with Crippen molar-refractivity contribution in [3.63, 3.8) is 0 Å². The second-order valence-electron chi connectivity index (χ2n) is 5.37. The normalized spacial score (nSPS) is 34.4. The van der Waals surface area contributed by atoms with Crippen LogP contribution < -0.4 is 0 Å². The SMILES string of the molecule is CC1=CC(C(C)C(=O)O)C(O)(N2CCCC2)C=C1. The van der Waals surface area contributed by atoms with Crippen molar-refractivity contribution in [3.8, 4) is 0 Å². The Hall–Kier alpha value is -1.13. The predicted molar refractivity (Wildman–Crippen MR) is 68.9 cm³/mol. The van der Waals surface area contributed by atoms with E-state index in [0.717, 1.165) is 31.5 Å². The van der Waals surface area contributed by atoms with E-state index in [4.69, 9.17) is 0 Å². The Morgan fingerprint density at radius 1 is 1.50 bits per heavy atom. The van der Waals surface area contributed by atoms with Crippen LogP contribution in [0, 0.1) is 11.8 Å². The molecule has 0 amide bonds. The third-order valence-corrected chi connectivity index (χ3v) is 4.07. The number of carboxylic acids is 1. The van der Waals surface area contributed by atoms with Crippen LogP contribution in [0.15, 0.2) is 23.8 Å². The van der Waals surface area contributed by atoms with E-state index in [9.17, 15) is 15.0 Å². The molecule has 4 heteroatoms. The molecule has 4 nitrogen and oxygen atoms in total. The molecule has 1 aliphatic carbocycles. The Morgan fingerprint density at radius 2 is 2.11 bits per heavy atom. The maximum absolute atomic E-state index is 11.2. The van der Waals surface area contributed by atoms with E-state index in [1.54, 1.807) is 13.0 Å². The minimum Gasteiger partial charge on any atom is -0.481 e. The van der Waals surface area contributed by atoms with Gasteiger partial charge in [-0.15, -0.1) is 0 Å².